The first-order valence-electron chi connectivity index (χ1n) is 6.73. The van der Waals surface area contributed by atoms with Crippen LogP contribution in [-0.2, 0) is 4.84 Å². The number of hydrogen-bond donors (Lipinski definition) is 2. The van der Waals surface area contributed by atoms with Crippen LogP contribution in [0.3, 0.4) is 0 Å². The minimum absolute atomic E-state index is 0.121. The average molecular weight is 284 g/mol. The Morgan fingerprint density at radius 3 is 2.10 bits per heavy atom. The minimum atomic E-state index is -0.549. The second-order valence-electron chi connectivity index (χ2n) is 6.64. The van der Waals surface area contributed by atoms with Crippen molar-refractivity contribution in [1.82, 2.24) is 0 Å². The van der Waals surface area contributed by atoms with E-state index in [4.69, 9.17) is 4.84 Å². The summed E-state index contributed by atoms with van der Waals surface area (Å²) in [4.78, 5) is 5.29. The molecule has 5 nitrogen and oxygen atoms in total. The Morgan fingerprint density at radius 1 is 1.15 bits per heavy atom. The summed E-state index contributed by atoms with van der Waals surface area (Å²) in [5, 5.41) is 23.4. The fraction of sp³-hybridized carbons (Fsp3) is 0.600. The van der Waals surface area contributed by atoms with Gasteiger partial charge in [0.05, 0.1) is 12.1 Å². The van der Waals surface area contributed by atoms with Gasteiger partial charge >= 0.3 is 0 Å². The van der Waals surface area contributed by atoms with Crippen molar-refractivity contribution in [3.05, 3.63) is 47.0 Å². The largest absolute Gasteiger partial charge is 0.634 e. The molecule has 0 saturated carbocycles. The van der Waals surface area contributed by atoms with E-state index in [1.165, 1.54) is 6.08 Å². The molecule has 0 saturated heterocycles. The van der Waals surface area contributed by atoms with Gasteiger partial charge in [0, 0.05) is 12.2 Å². The van der Waals surface area contributed by atoms with Crippen LogP contribution >= 0.6 is 0 Å². The van der Waals surface area contributed by atoms with Crippen LogP contribution in [0.4, 0.5) is 0 Å². The molecule has 0 aromatic heterocycles. The minimum Gasteiger partial charge on any atom is -0.634 e. The third-order valence-electron chi connectivity index (χ3n) is 2.37. The number of hydroxylamine groups is 4. The number of rotatable bonds is 6. The number of quaternary nitrogens is 2. The fourth-order valence-corrected chi connectivity index (χ4v) is 1.25. The first-order valence-corrected chi connectivity index (χ1v) is 6.73. The molecule has 2 atom stereocenters. The van der Waals surface area contributed by atoms with E-state index in [1.807, 2.05) is 41.5 Å². The molecule has 0 fully saturated rings. The lowest BCUT2D eigenvalue weighted by Crippen LogP contribution is -3.14. The van der Waals surface area contributed by atoms with E-state index in [0.717, 1.165) is 0 Å². The molecule has 0 aromatic rings. The van der Waals surface area contributed by atoms with E-state index >= 15 is 0 Å². The van der Waals surface area contributed by atoms with E-state index in [9.17, 15) is 10.4 Å². The van der Waals surface area contributed by atoms with Gasteiger partial charge in [0.1, 0.15) is 5.60 Å². The van der Waals surface area contributed by atoms with Crippen LogP contribution < -0.4 is 10.3 Å². The van der Waals surface area contributed by atoms with Crippen molar-refractivity contribution < 1.29 is 15.1 Å². The monoisotopic (exact) mass is 284 g/mol. The van der Waals surface area contributed by atoms with Crippen molar-refractivity contribution in [2.24, 2.45) is 0 Å². The first-order chi connectivity index (χ1) is 8.97. The molecule has 0 radical (unpaired) electrons. The lowest BCUT2D eigenvalue weighted by atomic mass is 10.1. The molecule has 0 spiro atoms. The molecule has 0 rings (SSSR count). The van der Waals surface area contributed by atoms with Crippen LogP contribution in [0.25, 0.3) is 0 Å². The fourth-order valence-electron chi connectivity index (χ4n) is 1.25. The van der Waals surface area contributed by atoms with Crippen molar-refractivity contribution in [3.8, 4) is 0 Å². The van der Waals surface area contributed by atoms with Gasteiger partial charge in [-0.2, -0.15) is 10.1 Å². The second-order valence-corrected chi connectivity index (χ2v) is 6.64. The predicted molar refractivity (Wildman–Crippen MR) is 81.5 cm³/mol. The predicted octanol–water partition coefficient (Wildman–Crippen LogP) is 0.907. The average Bonchev–Trinajstić information content (AvgIpc) is 2.23. The molecule has 0 aliphatic rings. The van der Waals surface area contributed by atoms with Crippen LogP contribution in [0.15, 0.2) is 36.6 Å². The summed E-state index contributed by atoms with van der Waals surface area (Å²) in [5.41, 5.74) is -0.540. The Hall–Kier alpha value is -0.980. The SMILES string of the molecule is C=C/C=C(\C=C/C[NH+]([O-])C(C)(C)C)[NH+]([O-])OC(C)(C)C. The normalized spacial score (nSPS) is 17.3. The molecular weight excluding hydrogens is 256 g/mol. The summed E-state index contributed by atoms with van der Waals surface area (Å²) in [5.74, 6) is 0. The maximum atomic E-state index is 11.9. The Bertz CT molecular complexity index is 362. The van der Waals surface area contributed by atoms with Gasteiger partial charge in [0.15, 0.2) is 5.70 Å². The zero-order valence-corrected chi connectivity index (χ0v) is 13.4. The van der Waals surface area contributed by atoms with E-state index in [1.54, 1.807) is 18.2 Å². The molecule has 2 unspecified atom stereocenters. The van der Waals surface area contributed by atoms with Crippen molar-refractivity contribution >= 4 is 0 Å². The topological polar surface area (TPSA) is 64.2 Å². The molecular formula is C15H28N2O3. The molecule has 20 heavy (non-hydrogen) atoms. The van der Waals surface area contributed by atoms with Crippen molar-refractivity contribution in [3.63, 3.8) is 0 Å². The van der Waals surface area contributed by atoms with Crippen LogP contribution in [0.5, 0.6) is 0 Å². The summed E-state index contributed by atoms with van der Waals surface area (Å²) in [6, 6.07) is 0. The highest BCUT2D eigenvalue weighted by atomic mass is 16.9. The number of nitrogens with one attached hydrogen (secondary N) is 2. The highest BCUT2D eigenvalue weighted by Gasteiger charge is 2.19. The van der Waals surface area contributed by atoms with Gasteiger partial charge < -0.3 is 15.5 Å². The lowest BCUT2D eigenvalue weighted by molar-refractivity contribution is -1.03. The highest BCUT2D eigenvalue weighted by Crippen LogP contribution is 2.02. The molecule has 2 N–H and O–H groups in total. The van der Waals surface area contributed by atoms with E-state index in [-0.39, 0.29) is 10.6 Å². The zero-order valence-electron chi connectivity index (χ0n) is 13.4. The lowest BCUT2D eigenvalue weighted by Gasteiger charge is -2.34. The summed E-state index contributed by atoms with van der Waals surface area (Å²) in [6.45, 7) is 14.9. The van der Waals surface area contributed by atoms with Crippen LogP contribution in [0, 0.1) is 10.4 Å². The van der Waals surface area contributed by atoms with Crippen molar-refractivity contribution in [2.75, 3.05) is 6.54 Å². The van der Waals surface area contributed by atoms with Gasteiger partial charge in [0.2, 0.25) is 0 Å². The number of hydrogen-bond acceptors (Lipinski definition) is 3. The standard InChI is InChI=1S/C15H28N2O3/c1-8-10-13(17(19)20-15(5,6)7)11-9-12-16(18)14(2,3)4/h8-11,16-17H,1,12H2,2-7H3/b11-9-,13-10+. The zero-order chi connectivity index (χ0) is 16.0. The molecule has 0 heterocycles. The Morgan fingerprint density at radius 2 is 1.70 bits per heavy atom. The van der Waals surface area contributed by atoms with Crippen LogP contribution in [-0.4, -0.2) is 17.7 Å². The highest BCUT2D eigenvalue weighted by molar-refractivity contribution is 5.15. The summed E-state index contributed by atoms with van der Waals surface area (Å²) in [7, 11) is 0. The third-order valence-corrected chi connectivity index (χ3v) is 2.37. The number of allylic oxidation sites excluding steroid dienone is 3. The Labute approximate surface area is 122 Å². The van der Waals surface area contributed by atoms with Crippen LogP contribution in [0.1, 0.15) is 41.5 Å². The van der Waals surface area contributed by atoms with Gasteiger partial charge in [0.25, 0.3) is 0 Å². The van der Waals surface area contributed by atoms with E-state index in [2.05, 4.69) is 6.58 Å². The Balaban J connectivity index is 4.72. The van der Waals surface area contributed by atoms with Gasteiger partial charge in [-0.15, -0.1) is 0 Å². The van der Waals surface area contributed by atoms with Gasteiger partial charge in [-0.05, 0) is 47.6 Å². The van der Waals surface area contributed by atoms with Crippen molar-refractivity contribution in [1.29, 1.82) is 0 Å². The Kier molecular flexibility index (Phi) is 7.33. The van der Waals surface area contributed by atoms with E-state index in [0.29, 0.717) is 12.2 Å². The van der Waals surface area contributed by atoms with Crippen molar-refractivity contribution in [2.45, 2.75) is 52.7 Å². The maximum Gasteiger partial charge on any atom is 0.163 e. The summed E-state index contributed by atoms with van der Waals surface area (Å²) < 4.78 is 0. The van der Waals surface area contributed by atoms with E-state index < -0.39 is 10.8 Å². The second kappa shape index (κ2) is 7.71. The quantitative estimate of drug-likeness (QED) is 0.563. The molecule has 0 aliphatic heterocycles. The van der Waals surface area contributed by atoms with Crippen LogP contribution in [0.2, 0.25) is 0 Å². The van der Waals surface area contributed by atoms with Gasteiger partial charge in [-0.1, -0.05) is 12.7 Å². The molecule has 0 bridgehead atoms. The van der Waals surface area contributed by atoms with Gasteiger partial charge in [-0.25, -0.2) is 0 Å². The maximum absolute atomic E-state index is 11.9. The summed E-state index contributed by atoms with van der Waals surface area (Å²) in [6.07, 6.45) is 6.40. The first kappa shape index (κ1) is 19.0. The molecule has 0 aliphatic carbocycles. The van der Waals surface area contributed by atoms with Gasteiger partial charge in [-0.3, -0.25) is 0 Å². The smallest absolute Gasteiger partial charge is 0.163 e. The summed E-state index contributed by atoms with van der Waals surface area (Å²) >= 11 is 0. The molecule has 116 valence electrons. The molecule has 0 amide bonds. The molecule has 5 heteroatoms. The third kappa shape index (κ3) is 8.24. The molecule has 0 aromatic carbocycles.